The molecule has 1 heterocycles. The molecule has 1 fully saturated rings. The topological polar surface area (TPSA) is 72.6 Å². The summed E-state index contributed by atoms with van der Waals surface area (Å²) in [6, 6.07) is 5.08. The molecule has 2 rings (SSSR count). The monoisotopic (exact) mass is 306 g/mol. The molecule has 21 heavy (non-hydrogen) atoms. The molecule has 6 heteroatoms. The third kappa shape index (κ3) is 2.90. The number of amides is 2. The number of rotatable bonds is 3. The van der Waals surface area contributed by atoms with Gasteiger partial charge in [-0.05, 0) is 17.5 Å². The lowest BCUT2D eigenvalue weighted by molar-refractivity contribution is -0.132. The molecule has 1 aliphatic heterocycles. The van der Waals surface area contributed by atoms with Crippen molar-refractivity contribution < 1.29 is 14.3 Å². The number of carbonyl (C=O) groups is 2. The summed E-state index contributed by atoms with van der Waals surface area (Å²) in [5.41, 5.74) is 6.19. The predicted octanol–water partition coefficient (Wildman–Crippen LogP) is 2.01. The van der Waals surface area contributed by atoms with E-state index in [4.69, 9.17) is 22.7 Å². The van der Waals surface area contributed by atoms with E-state index in [0.29, 0.717) is 17.0 Å². The third-order valence-corrected chi connectivity index (χ3v) is 3.69. The Kier molecular flexibility index (Phi) is 4.00. The van der Waals surface area contributed by atoms with Gasteiger partial charge in [0.15, 0.2) is 0 Å². The number of methoxy groups -OCH3 is 1. The van der Waals surface area contributed by atoms with E-state index >= 15 is 0 Å². The van der Waals surface area contributed by atoms with Crippen LogP contribution < -0.4 is 15.4 Å². The number of para-hydroxylation sites is 1. The van der Waals surface area contributed by atoms with Gasteiger partial charge in [0.2, 0.25) is 11.8 Å². The zero-order valence-electron chi connectivity index (χ0n) is 12.3. The molecule has 1 aromatic rings. The van der Waals surface area contributed by atoms with E-state index in [1.165, 1.54) is 7.11 Å². The number of nitrogens with two attached hydrogens (primary N) is 1. The van der Waals surface area contributed by atoms with Crippen molar-refractivity contribution in [2.24, 2.45) is 11.1 Å². The minimum atomic E-state index is -0.337. The van der Waals surface area contributed by atoms with E-state index in [2.05, 4.69) is 0 Å². The lowest BCUT2D eigenvalue weighted by Crippen LogP contribution is -2.47. The number of benzene rings is 1. The number of carbonyl (C=O) groups excluding carboxylic acids is 2. The molecular weight excluding hydrogens is 288 g/mol. The maximum Gasteiger partial charge on any atom is 0.234 e. The lowest BCUT2D eigenvalue weighted by atomic mass is 9.81. The van der Waals surface area contributed by atoms with Gasteiger partial charge in [-0.3, -0.25) is 9.59 Å². The number of nitrogens with zero attached hydrogens (tertiary/aromatic N) is 1. The lowest BCUT2D eigenvalue weighted by Gasteiger charge is -2.35. The highest BCUT2D eigenvalue weighted by molar-refractivity contribution is 7.80. The Bertz CT molecular complexity index is 605. The van der Waals surface area contributed by atoms with E-state index in [-0.39, 0.29) is 35.1 Å². The predicted molar refractivity (Wildman–Crippen MR) is 84.4 cm³/mol. The van der Waals surface area contributed by atoms with Gasteiger partial charge in [0.05, 0.1) is 7.11 Å². The zero-order chi connectivity index (χ0) is 15.8. The summed E-state index contributed by atoms with van der Waals surface area (Å²) in [5.74, 6) is -0.127. The number of hydrogen-bond acceptors (Lipinski definition) is 4. The Hall–Kier alpha value is -1.95. The fraction of sp³-hybridized carbons (Fsp3) is 0.400. The molecule has 0 aromatic heterocycles. The van der Waals surface area contributed by atoms with Gasteiger partial charge in [-0.15, -0.1) is 0 Å². The minimum absolute atomic E-state index is 0.120. The first kappa shape index (κ1) is 15.4. The third-order valence-electron chi connectivity index (χ3n) is 3.47. The molecule has 0 aliphatic carbocycles. The fourth-order valence-electron chi connectivity index (χ4n) is 2.54. The summed E-state index contributed by atoms with van der Waals surface area (Å²) in [6.07, 6.45) is 0.571. The summed E-state index contributed by atoms with van der Waals surface area (Å²) in [6.45, 7) is 3.80. The summed E-state index contributed by atoms with van der Waals surface area (Å²) in [7, 11) is 1.48. The smallest absolute Gasteiger partial charge is 0.234 e. The molecule has 1 aliphatic rings. The molecule has 0 unspecified atom stereocenters. The molecule has 5 nitrogen and oxygen atoms in total. The van der Waals surface area contributed by atoms with Gasteiger partial charge in [-0.1, -0.05) is 32.1 Å². The summed E-state index contributed by atoms with van der Waals surface area (Å²) in [4.78, 5) is 26.1. The second-order valence-corrected chi connectivity index (χ2v) is 6.30. The average molecular weight is 306 g/mol. The Balaban J connectivity index is 2.58. The SMILES string of the molecule is COc1cccc(C(N)=S)c1N1C(=O)CC(C)(C)CC1=O. The molecule has 1 saturated heterocycles. The van der Waals surface area contributed by atoms with Crippen LogP contribution in [0.2, 0.25) is 0 Å². The summed E-state index contributed by atoms with van der Waals surface area (Å²) >= 11 is 5.02. The van der Waals surface area contributed by atoms with Crippen molar-refractivity contribution in [1.29, 1.82) is 0 Å². The van der Waals surface area contributed by atoms with Crippen LogP contribution in [-0.2, 0) is 9.59 Å². The Morgan fingerprint density at radius 1 is 1.29 bits per heavy atom. The van der Waals surface area contributed by atoms with Crippen molar-refractivity contribution in [2.45, 2.75) is 26.7 Å². The second-order valence-electron chi connectivity index (χ2n) is 5.86. The average Bonchev–Trinajstić information content (AvgIpc) is 2.36. The molecular formula is C15H18N2O3S. The molecule has 0 bridgehead atoms. The van der Waals surface area contributed by atoms with Crippen molar-refractivity contribution >= 4 is 34.7 Å². The highest BCUT2D eigenvalue weighted by Crippen LogP contribution is 2.39. The van der Waals surface area contributed by atoms with Crippen LogP contribution in [0.4, 0.5) is 5.69 Å². The first-order valence-electron chi connectivity index (χ1n) is 6.59. The molecule has 2 amide bonds. The number of anilines is 1. The van der Waals surface area contributed by atoms with E-state index < -0.39 is 0 Å². The number of piperidine rings is 1. The van der Waals surface area contributed by atoms with Crippen molar-refractivity contribution in [3.05, 3.63) is 23.8 Å². The van der Waals surface area contributed by atoms with Gasteiger partial charge >= 0.3 is 0 Å². The van der Waals surface area contributed by atoms with E-state index in [1.54, 1.807) is 18.2 Å². The molecule has 0 atom stereocenters. The Morgan fingerprint density at radius 2 is 1.86 bits per heavy atom. The van der Waals surface area contributed by atoms with Crippen LogP contribution in [0.1, 0.15) is 32.3 Å². The first-order chi connectivity index (χ1) is 9.76. The number of imide groups is 1. The van der Waals surface area contributed by atoms with Gasteiger partial charge in [0.1, 0.15) is 16.4 Å². The van der Waals surface area contributed by atoms with Crippen LogP contribution in [0.3, 0.4) is 0 Å². The van der Waals surface area contributed by atoms with Crippen LogP contribution in [-0.4, -0.2) is 23.9 Å². The quantitative estimate of drug-likeness (QED) is 0.683. The first-order valence-corrected chi connectivity index (χ1v) is 7.00. The molecule has 1 aromatic carbocycles. The minimum Gasteiger partial charge on any atom is -0.495 e. The van der Waals surface area contributed by atoms with Crippen LogP contribution in [0.25, 0.3) is 0 Å². The van der Waals surface area contributed by atoms with Gasteiger partial charge in [0.25, 0.3) is 0 Å². The number of ether oxygens (including phenoxy) is 1. The second kappa shape index (κ2) is 5.44. The molecule has 0 radical (unpaired) electrons. The van der Waals surface area contributed by atoms with Gasteiger partial charge in [-0.2, -0.15) is 0 Å². The maximum absolute atomic E-state index is 12.4. The van der Waals surface area contributed by atoms with Gasteiger partial charge < -0.3 is 10.5 Å². The summed E-state index contributed by atoms with van der Waals surface area (Å²) in [5, 5.41) is 0. The summed E-state index contributed by atoms with van der Waals surface area (Å²) < 4.78 is 5.28. The number of hydrogen-bond donors (Lipinski definition) is 1. The Labute approximate surface area is 129 Å². The maximum atomic E-state index is 12.4. The Morgan fingerprint density at radius 3 is 2.33 bits per heavy atom. The van der Waals surface area contributed by atoms with E-state index in [1.807, 2.05) is 13.8 Å². The van der Waals surface area contributed by atoms with Crippen molar-refractivity contribution in [1.82, 2.24) is 0 Å². The van der Waals surface area contributed by atoms with Crippen LogP contribution in [0, 0.1) is 5.41 Å². The standard InChI is InChI=1S/C15H18N2O3S/c1-15(2)7-11(18)17(12(19)8-15)13-9(14(16)21)5-4-6-10(13)20-3/h4-6H,7-8H2,1-3H3,(H2,16,21). The van der Waals surface area contributed by atoms with Crippen LogP contribution in [0.15, 0.2) is 18.2 Å². The van der Waals surface area contributed by atoms with Crippen molar-refractivity contribution in [2.75, 3.05) is 12.0 Å². The molecule has 0 saturated carbocycles. The van der Waals surface area contributed by atoms with Gasteiger partial charge in [-0.25, -0.2) is 4.90 Å². The molecule has 112 valence electrons. The van der Waals surface area contributed by atoms with Gasteiger partial charge in [0, 0.05) is 18.4 Å². The number of thiocarbonyl (C=S) groups is 1. The van der Waals surface area contributed by atoms with E-state index in [9.17, 15) is 9.59 Å². The molecule has 0 spiro atoms. The van der Waals surface area contributed by atoms with E-state index in [0.717, 1.165) is 4.90 Å². The molecule has 2 N–H and O–H groups in total. The fourth-order valence-corrected chi connectivity index (χ4v) is 2.71. The normalized spacial score (nSPS) is 17.8. The van der Waals surface area contributed by atoms with Crippen LogP contribution in [0.5, 0.6) is 5.75 Å². The highest BCUT2D eigenvalue weighted by Gasteiger charge is 2.40. The highest BCUT2D eigenvalue weighted by atomic mass is 32.1. The van der Waals surface area contributed by atoms with Crippen LogP contribution >= 0.6 is 12.2 Å². The van der Waals surface area contributed by atoms with Crippen molar-refractivity contribution in [3.8, 4) is 5.75 Å². The zero-order valence-corrected chi connectivity index (χ0v) is 13.1. The van der Waals surface area contributed by atoms with Crippen molar-refractivity contribution in [3.63, 3.8) is 0 Å². The largest absolute Gasteiger partial charge is 0.495 e.